The Hall–Kier alpha value is -1.38. The molecule has 0 aliphatic rings. The molecule has 0 saturated heterocycles. The number of carbonyl (C=O) groups is 1. The Bertz CT molecular complexity index is 415. The number of hydrogen-bond donors (Lipinski definition) is 0. The monoisotopic (exact) mass is 237 g/mol. The minimum absolute atomic E-state index is 0.0856. The molecule has 17 heavy (non-hydrogen) atoms. The Morgan fingerprint density at radius 2 is 1.88 bits per heavy atom. The predicted molar refractivity (Wildman–Crippen MR) is 67.5 cm³/mol. The van der Waals surface area contributed by atoms with Crippen molar-refractivity contribution in [3.8, 4) is 0 Å². The molecule has 0 spiro atoms. The molecule has 0 fully saturated rings. The molecule has 0 saturated carbocycles. The van der Waals surface area contributed by atoms with Crippen molar-refractivity contribution in [2.24, 2.45) is 5.92 Å². The van der Waals surface area contributed by atoms with Crippen molar-refractivity contribution in [2.75, 3.05) is 7.05 Å². The van der Waals surface area contributed by atoms with Crippen molar-refractivity contribution in [2.45, 2.75) is 33.7 Å². The van der Waals surface area contributed by atoms with E-state index in [-0.39, 0.29) is 17.5 Å². The van der Waals surface area contributed by atoms with Crippen LogP contribution in [0.4, 0.5) is 4.39 Å². The standard InChI is InChI=1S/C14H20FNO/c1-9(2)11(4)16(5)14(17)12-8-10(3)6-7-13(12)15/h6-9,11H,1-5H3. The molecule has 1 aromatic rings. The highest BCUT2D eigenvalue weighted by atomic mass is 19.1. The third-order valence-corrected chi connectivity index (χ3v) is 3.25. The van der Waals surface area contributed by atoms with Gasteiger partial charge in [-0.2, -0.15) is 0 Å². The number of halogens is 1. The fourth-order valence-corrected chi connectivity index (χ4v) is 1.63. The van der Waals surface area contributed by atoms with Gasteiger partial charge in [-0.15, -0.1) is 0 Å². The Labute approximate surface area is 102 Å². The molecule has 0 aromatic heterocycles. The fraction of sp³-hybridized carbons (Fsp3) is 0.500. The van der Waals surface area contributed by atoms with E-state index in [2.05, 4.69) is 0 Å². The van der Waals surface area contributed by atoms with Crippen molar-refractivity contribution in [3.05, 3.63) is 35.1 Å². The molecular formula is C14H20FNO. The molecule has 1 unspecified atom stereocenters. The lowest BCUT2D eigenvalue weighted by atomic mass is 10.0. The van der Waals surface area contributed by atoms with Crippen LogP contribution in [0.5, 0.6) is 0 Å². The number of rotatable bonds is 3. The zero-order valence-electron chi connectivity index (χ0n) is 11.1. The normalized spacial score (nSPS) is 12.6. The molecule has 3 heteroatoms. The van der Waals surface area contributed by atoms with E-state index in [1.807, 2.05) is 27.7 Å². The van der Waals surface area contributed by atoms with Crippen LogP contribution < -0.4 is 0 Å². The van der Waals surface area contributed by atoms with E-state index in [1.54, 1.807) is 24.1 Å². The maximum atomic E-state index is 13.6. The molecule has 0 heterocycles. The molecule has 1 atom stereocenters. The highest BCUT2D eigenvalue weighted by Crippen LogP contribution is 2.16. The molecule has 0 aliphatic carbocycles. The summed E-state index contributed by atoms with van der Waals surface area (Å²) in [5, 5.41) is 0. The average molecular weight is 237 g/mol. The van der Waals surface area contributed by atoms with E-state index in [0.29, 0.717) is 5.92 Å². The summed E-state index contributed by atoms with van der Waals surface area (Å²) >= 11 is 0. The largest absolute Gasteiger partial charge is 0.339 e. The first-order valence-corrected chi connectivity index (χ1v) is 5.88. The minimum atomic E-state index is -0.455. The molecule has 1 rings (SSSR count). The van der Waals surface area contributed by atoms with Gasteiger partial charge in [0.1, 0.15) is 5.82 Å². The van der Waals surface area contributed by atoms with Gasteiger partial charge in [0.15, 0.2) is 0 Å². The van der Waals surface area contributed by atoms with Crippen molar-refractivity contribution in [1.29, 1.82) is 0 Å². The molecule has 0 aliphatic heterocycles. The van der Waals surface area contributed by atoms with Gasteiger partial charge in [0.05, 0.1) is 5.56 Å². The van der Waals surface area contributed by atoms with Gasteiger partial charge in [0.2, 0.25) is 0 Å². The molecule has 0 N–H and O–H groups in total. The summed E-state index contributed by atoms with van der Waals surface area (Å²) < 4.78 is 13.6. The van der Waals surface area contributed by atoms with Gasteiger partial charge in [0, 0.05) is 13.1 Å². The van der Waals surface area contributed by atoms with Crippen LogP contribution in [0.1, 0.15) is 36.7 Å². The fourth-order valence-electron chi connectivity index (χ4n) is 1.63. The third-order valence-electron chi connectivity index (χ3n) is 3.25. The summed E-state index contributed by atoms with van der Waals surface area (Å²) in [6.45, 7) is 7.90. The maximum absolute atomic E-state index is 13.6. The topological polar surface area (TPSA) is 20.3 Å². The summed E-state index contributed by atoms with van der Waals surface area (Å²) in [7, 11) is 1.72. The second-order valence-electron chi connectivity index (χ2n) is 4.88. The smallest absolute Gasteiger partial charge is 0.256 e. The lowest BCUT2D eigenvalue weighted by Gasteiger charge is -2.28. The van der Waals surface area contributed by atoms with Crippen LogP contribution in [-0.4, -0.2) is 23.9 Å². The van der Waals surface area contributed by atoms with Gasteiger partial charge in [-0.25, -0.2) is 4.39 Å². The molecule has 0 bridgehead atoms. The van der Waals surface area contributed by atoms with Gasteiger partial charge in [-0.1, -0.05) is 25.5 Å². The Morgan fingerprint density at radius 3 is 2.41 bits per heavy atom. The second kappa shape index (κ2) is 5.30. The third kappa shape index (κ3) is 3.05. The van der Waals surface area contributed by atoms with E-state index in [1.165, 1.54) is 6.07 Å². The lowest BCUT2D eigenvalue weighted by molar-refractivity contribution is 0.0702. The van der Waals surface area contributed by atoms with E-state index in [9.17, 15) is 9.18 Å². The molecular weight excluding hydrogens is 217 g/mol. The zero-order valence-corrected chi connectivity index (χ0v) is 11.1. The zero-order chi connectivity index (χ0) is 13.2. The van der Waals surface area contributed by atoms with E-state index in [4.69, 9.17) is 0 Å². The first kappa shape index (κ1) is 13.7. The van der Waals surface area contributed by atoms with Crippen molar-refractivity contribution in [3.63, 3.8) is 0 Å². The van der Waals surface area contributed by atoms with Crippen LogP contribution in [-0.2, 0) is 0 Å². The van der Waals surface area contributed by atoms with Crippen molar-refractivity contribution < 1.29 is 9.18 Å². The number of hydrogen-bond acceptors (Lipinski definition) is 1. The minimum Gasteiger partial charge on any atom is -0.339 e. The quantitative estimate of drug-likeness (QED) is 0.790. The average Bonchev–Trinajstić information content (AvgIpc) is 2.29. The maximum Gasteiger partial charge on any atom is 0.256 e. The van der Waals surface area contributed by atoms with Crippen LogP contribution in [0.15, 0.2) is 18.2 Å². The Balaban J connectivity index is 3.00. The first-order valence-electron chi connectivity index (χ1n) is 5.88. The molecule has 2 nitrogen and oxygen atoms in total. The number of aryl methyl sites for hydroxylation is 1. The lowest BCUT2D eigenvalue weighted by Crippen LogP contribution is -2.38. The Morgan fingerprint density at radius 1 is 1.29 bits per heavy atom. The summed E-state index contributed by atoms with van der Waals surface area (Å²) in [6.07, 6.45) is 0. The first-order chi connectivity index (χ1) is 7.84. The van der Waals surface area contributed by atoms with E-state index in [0.717, 1.165) is 5.56 Å². The van der Waals surface area contributed by atoms with E-state index < -0.39 is 5.82 Å². The second-order valence-corrected chi connectivity index (χ2v) is 4.88. The summed E-state index contributed by atoms with van der Waals surface area (Å²) in [5.41, 5.74) is 1.04. The van der Waals surface area contributed by atoms with Crippen molar-refractivity contribution in [1.82, 2.24) is 4.90 Å². The number of amides is 1. The van der Waals surface area contributed by atoms with Crippen LogP contribution in [0.25, 0.3) is 0 Å². The van der Waals surface area contributed by atoms with Crippen LogP contribution in [0.2, 0.25) is 0 Å². The van der Waals surface area contributed by atoms with Crippen LogP contribution in [0, 0.1) is 18.7 Å². The summed E-state index contributed by atoms with van der Waals surface area (Å²) in [5.74, 6) is -0.368. The molecule has 1 amide bonds. The number of carbonyl (C=O) groups excluding carboxylic acids is 1. The molecule has 1 aromatic carbocycles. The van der Waals surface area contributed by atoms with Gasteiger partial charge in [-0.3, -0.25) is 4.79 Å². The molecule has 0 radical (unpaired) electrons. The summed E-state index contributed by atoms with van der Waals surface area (Å²) in [4.78, 5) is 13.7. The predicted octanol–water partition coefficient (Wildman–Crippen LogP) is 3.25. The number of nitrogens with zero attached hydrogens (tertiary/aromatic N) is 1. The van der Waals surface area contributed by atoms with Gasteiger partial charge < -0.3 is 4.90 Å². The van der Waals surface area contributed by atoms with E-state index >= 15 is 0 Å². The Kier molecular flexibility index (Phi) is 4.27. The number of benzene rings is 1. The highest BCUT2D eigenvalue weighted by Gasteiger charge is 2.22. The summed E-state index contributed by atoms with van der Waals surface area (Å²) in [6, 6.07) is 4.69. The van der Waals surface area contributed by atoms with Gasteiger partial charge >= 0.3 is 0 Å². The van der Waals surface area contributed by atoms with Crippen LogP contribution >= 0.6 is 0 Å². The van der Waals surface area contributed by atoms with Gasteiger partial charge in [0.25, 0.3) is 5.91 Å². The van der Waals surface area contributed by atoms with Gasteiger partial charge in [-0.05, 0) is 31.9 Å². The highest BCUT2D eigenvalue weighted by molar-refractivity contribution is 5.94. The van der Waals surface area contributed by atoms with Crippen molar-refractivity contribution >= 4 is 5.91 Å². The van der Waals surface area contributed by atoms with Crippen LogP contribution in [0.3, 0.4) is 0 Å². The SMILES string of the molecule is Cc1ccc(F)c(C(=O)N(C)C(C)C(C)C)c1. The molecule has 94 valence electrons.